The summed E-state index contributed by atoms with van der Waals surface area (Å²) in [7, 11) is 0. The fourth-order valence-corrected chi connectivity index (χ4v) is 2.46. The van der Waals surface area contributed by atoms with Crippen molar-refractivity contribution < 1.29 is 14.4 Å². The van der Waals surface area contributed by atoms with E-state index in [-0.39, 0.29) is 19.0 Å². The lowest BCUT2D eigenvalue weighted by molar-refractivity contribution is -0.124. The quantitative estimate of drug-likeness (QED) is 0.628. The van der Waals surface area contributed by atoms with Crippen LogP contribution in [-0.4, -0.2) is 48.9 Å². The van der Waals surface area contributed by atoms with Crippen LogP contribution in [0.4, 0.5) is 10.5 Å². The highest BCUT2D eigenvalue weighted by atomic mass is 16.2. The molecule has 0 heterocycles. The summed E-state index contributed by atoms with van der Waals surface area (Å²) in [5.41, 5.74) is 2.68. The average molecular weight is 362 g/mol. The molecule has 0 aliphatic carbocycles. The fraction of sp³-hybridized carbons (Fsp3) is 0.526. The summed E-state index contributed by atoms with van der Waals surface area (Å²) < 4.78 is 0. The van der Waals surface area contributed by atoms with E-state index in [0.29, 0.717) is 18.8 Å². The normalized spacial score (nSPS) is 10.5. The highest BCUT2D eigenvalue weighted by Gasteiger charge is 2.16. The van der Waals surface area contributed by atoms with Crippen molar-refractivity contribution in [1.82, 2.24) is 15.5 Å². The van der Waals surface area contributed by atoms with Gasteiger partial charge in [0.05, 0.1) is 13.1 Å². The molecule has 7 heteroatoms. The fourth-order valence-electron chi connectivity index (χ4n) is 2.46. The van der Waals surface area contributed by atoms with Crippen LogP contribution in [-0.2, 0) is 9.59 Å². The molecule has 7 nitrogen and oxygen atoms in total. The lowest BCUT2D eigenvalue weighted by Crippen LogP contribution is -2.45. The monoisotopic (exact) mass is 362 g/mol. The van der Waals surface area contributed by atoms with Gasteiger partial charge in [-0.1, -0.05) is 26.0 Å². The smallest absolute Gasteiger partial charge is 0.325 e. The van der Waals surface area contributed by atoms with Gasteiger partial charge in [-0.25, -0.2) is 4.79 Å². The molecule has 0 spiro atoms. The number of nitrogens with zero attached hydrogens (tertiary/aromatic N) is 1. The van der Waals surface area contributed by atoms with Crippen molar-refractivity contribution in [3.8, 4) is 0 Å². The van der Waals surface area contributed by atoms with E-state index in [0.717, 1.165) is 24.0 Å². The van der Waals surface area contributed by atoms with Gasteiger partial charge in [-0.3, -0.25) is 19.8 Å². The molecule has 0 unspecified atom stereocenters. The van der Waals surface area contributed by atoms with E-state index < -0.39 is 11.9 Å². The Kier molecular flexibility index (Phi) is 9.36. The van der Waals surface area contributed by atoms with E-state index >= 15 is 0 Å². The largest absolute Gasteiger partial charge is 0.355 e. The first-order valence-electron chi connectivity index (χ1n) is 9.03. The van der Waals surface area contributed by atoms with Crippen molar-refractivity contribution in [3.05, 3.63) is 29.3 Å². The molecular formula is C19H30N4O3. The number of rotatable bonds is 9. The standard InChI is InChI=1S/C19H30N4O3/c1-5-10-20-17(24)12-23(11-6-2)13-18(25)22-19(26)21-16-9-7-8-14(3)15(16)4/h7-9H,5-6,10-13H2,1-4H3,(H,20,24)(H2,21,22,25,26). The molecule has 1 aromatic carbocycles. The average Bonchev–Trinajstić information content (AvgIpc) is 2.57. The van der Waals surface area contributed by atoms with Gasteiger partial charge in [0.2, 0.25) is 11.8 Å². The van der Waals surface area contributed by atoms with Crippen LogP contribution >= 0.6 is 0 Å². The van der Waals surface area contributed by atoms with Crippen LogP contribution in [0.25, 0.3) is 0 Å². The minimum atomic E-state index is -0.574. The van der Waals surface area contributed by atoms with Crippen molar-refractivity contribution in [2.45, 2.75) is 40.5 Å². The minimum absolute atomic E-state index is 0.00634. The summed E-state index contributed by atoms with van der Waals surface area (Å²) in [6.45, 7) is 9.16. The Hall–Kier alpha value is -2.41. The molecule has 4 amide bonds. The van der Waals surface area contributed by atoms with Crippen LogP contribution in [0.5, 0.6) is 0 Å². The van der Waals surface area contributed by atoms with Crippen LogP contribution in [0.15, 0.2) is 18.2 Å². The summed E-state index contributed by atoms with van der Waals surface area (Å²) in [5, 5.41) is 7.79. The van der Waals surface area contributed by atoms with E-state index in [4.69, 9.17) is 0 Å². The highest BCUT2D eigenvalue weighted by Crippen LogP contribution is 2.17. The van der Waals surface area contributed by atoms with E-state index in [1.165, 1.54) is 0 Å². The maximum atomic E-state index is 12.1. The van der Waals surface area contributed by atoms with Crippen LogP contribution in [0.3, 0.4) is 0 Å². The Morgan fingerprint density at radius 2 is 1.69 bits per heavy atom. The zero-order chi connectivity index (χ0) is 19.5. The lowest BCUT2D eigenvalue weighted by atomic mass is 10.1. The van der Waals surface area contributed by atoms with E-state index in [9.17, 15) is 14.4 Å². The van der Waals surface area contributed by atoms with Gasteiger partial charge in [0, 0.05) is 12.2 Å². The van der Waals surface area contributed by atoms with E-state index in [1.54, 1.807) is 11.0 Å². The highest BCUT2D eigenvalue weighted by molar-refractivity contribution is 6.02. The third kappa shape index (κ3) is 7.65. The molecule has 0 aromatic heterocycles. The predicted molar refractivity (Wildman–Crippen MR) is 103 cm³/mol. The topological polar surface area (TPSA) is 90.5 Å². The Balaban J connectivity index is 2.54. The molecule has 26 heavy (non-hydrogen) atoms. The van der Waals surface area contributed by atoms with Gasteiger partial charge < -0.3 is 10.6 Å². The molecule has 0 radical (unpaired) electrons. The number of aryl methyl sites for hydroxylation is 1. The van der Waals surface area contributed by atoms with Crippen LogP contribution in [0.1, 0.15) is 37.8 Å². The number of imide groups is 1. The molecule has 0 saturated carbocycles. The number of carbonyl (C=O) groups excluding carboxylic acids is 3. The number of hydrogen-bond donors (Lipinski definition) is 3. The van der Waals surface area contributed by atoms with Gasteiger partial charge in [-0.2, -0.15) is 0 Å². The predicted octanol–water partition coefficient (Wildman–Crippen LogP) is 2.19. The Bertz CT molecular complexity index is 631. The molecule has 144 valence electrons. The first-order chi connectivity index (χ1) is 12.4. The Morgan fingerprint density at radius 1 is 1.00 bits per heavy atom. The zero-order valence-corrected chi connectivity index (χ0v) is 16.1. The SMILES string of the molecule is CCCNC(=O)CN(CCC)CC(=O)NC(=O)Nc1cccc(C)c1C. The molecule has 0 aliphatic heterocycles. The second-order valence-corrected chi connectivity index (χ2v) is 6.31. The molecule has 1 rings (SSSR count). The maximum absolute atomic E-state index is 12.1. The minimum Gasteiger partial charge on any atom is -0.355 e. The van der Waals surface area contributed by atoms with Gasteiger partial charge in [-0.05, 0) is 50.4 Å². The number of urea groups is 1. The number of anilines is 1. The van der Waals surface area contributed by atoms with Gasteiger partial charge in [-0.15, -0.1) is 0 Å². The van der Waals surface area contributed by atoms with E-state index in [2.05, 4.69) is 16.0 Å². The molecule has 1 aromatic rings. The maximum Gasteiger partial charge on any atom is 0.325 e. The summed E-state index contributed by atoms with van der Waals surface area (Å²) in [5.74, 6) is -0.558. The van der Waals surface area contributed by atoms with Crippen molar-refractivity contribution >= 4 is 23.5 Å². The number of nitrogens with one attached hydrogen (secondary N) is 3. The van der Waals surface area contributed by atoms with Crippen molar-refractivity contribution in [2.75, 3.05) is 31.5 Å². The zero-order valence-electron chi connectivity index (χ0n) is 16.1. The van der Waals surface area contributed by atoms with E-state index in [1.807, 2.05) is 39.8 Å². The molecule has 0 atom stereocenters. The second kappa shape index (κ2) is 11.3. The first-order valence-corrected chi connectivity index (χ1v) is 9.03. The lowest BCUT2D eigenvalue weighted by Gasteiger charge is -2.20. The number of benzene rings is 1. The van der Waals surface area contributed by atoms with Crippen molar-refractivity contribution in [3.63, 3.8) is 0 Å². The van der Waals surface area contributed by atoms with Gasteiger partial charge in [0.1, 0.15) is 0 Å². The summed E-state index contributed by atoms with van der Waals surface area (Å²) >= 11 is 0. The molecule has 0 aliphatic rings. The summed E-state index contributed by atoms with van der Waals surface area (Å²) in [6.07, 6.45) is 1.67. The third-order valence-corrected chi connectivity index (χ3v) is 3.95. The number of carbonyl (C=O) groups is 3. The van der Waals surface area contributed by atoms with Crippen LogP contribution < -0.4 is 16.0 Å². The van der Waals surface area contributed by atoms with Crippen molar-refractivity contribution in [1.29, 1.82) is 0 Å². The molecule has 0 bridgehead atoms. The molecule has 0 fully saturated rings. The summed E-state index contributed by atoms with van der Waals surface area (Å²) in [6, 6.07) is 5.01. The van der Waals surface area contributed by atoms with Gasteiger partial charge in [0.15, 0.2) is 0 Å². The molecule has 3 N–H and O–H groups in total. The number of hydrogen-bond acceptors (Lipinski definition) is 4. The van der Waals surface area contributed by atoms with Crippen LogP contribution in [0.2, 0.25) is 0 Å². The second-order valence-electron chi connectivity index (χ2n) is 6.31. The number of amides is 4. The van der Waals surface area contributed by atoms with Gasteiger partial charge in [0.25, 0.3) is 0 Å². The first kappa shape index (κ1) is 21.6. The molecule has 0 saturated heterocycles. The third-order valence-electron chi connectivity index (χ3n) is 3.95. The van der Waals surface area contributed by atoms with Crippen LogP contribution in [0, 0.1) is 13.8 Å². The Morgan fingerprint density at radius 3 is 2.35 bits per heavy atom. The van der Waals surface area contributed by atoms with Crippen molar-refractivity contribution in [2.24, 2.45) is 0 Å². The summed E-state index contributed by atoms with van der Waals surface area (Å²) in [4.78, 5) is 37.7. The van der Waals surface area contributed by atoms with Gasteiger partial charge >= 0.3 is 6.03 Å². The Labute approximate surface area is 155 Å². The molecular weight excluding hydrogens is 332 g/mol.